The lowest BCUT2D eigenvalue weighted by molar-refractivity contribution is 0.348. The summed E-state index contributed by atoms with van der Waals surface area (Å²) in [6.07, 6.45) is 5.22. The number of nitrogens with zero attached hydrogens (tertiary/aromatic N) is 3. The molecule has 20 heavy (non-hydrogen) atoms. The van der Waals surface area contributed by atoms with Gasteiger partial charge in [0.1, 0.15) is 6.61 Å². The molecule has 0 radical (unpaired) electrons. The van der Waals surface area contributed by atoms with Crippen LogP contribution in [0.1, 0.15) is 11.1 Å². The van der Waals surface area contributed by atoms with Gasteiger partial charge in [-0.15, -0.1) is 0 Å². The number of rotatable bonds is 4. The average Bonchev–Trinajstić information content (AvgIpc) is 3.03. The van der Waals surface area contributed by atoms with Crippen LogP contribution in [-0.2, 0) is 4.74 Å². The van der Waals surface area contributed by atoms with E-state index in [1.807, 2.05) is 36.4 Å². The minimum absolute atomic E-state index is 0.672. The maximum Gasteiger partial charge on any atom is 0.216 e. The second-order valence-electron chi connectivity index (χ2n) is 4.26. The highest BCUT2D eigenvalue weighted by molar-refractivity contribution is 5.95. The highest BCUT2D eigenvalue weighted by Gasteiger charge is 2.09. The monoisotopic (exact) mass is 266 g/mol. The second kappa shape index (κ2) is 5.97. The molecule has 100 valence electrons. The van der Waals surface area contributed by atoms with Gasteiger partial charge in [0.25, 0.3) is 0 Å². The van der Waals surface area contributed by atoms with Crippen molar-refractivity contribution in [2.75, 3.05) is 18.6 Å². The van der Waals surface area contributed by atoms with Crippen molar-refractivity contribution in [3.63, 3.8) is 0 Å². The van der Waals surface area contributed by atoms with Crippen molar-refractivity contribution in [3.05, 3.63) is 59.9 Å². The normalized spacial score (nSPS) is 14.1. The van der Waals surface area contributed by atoms with Crippen molar-refractivity contribution in [1.82, 2.24) is 4.98 Å². The first-order valence-corrected chi connectivity index (χ1v) is 6.38. The van der Waals surface area contributed by atoms with E-state index in [0.29, 0.717) is 6.61 Å². The van der Waals surface area contributed by atoms with Gasteiger partial charge in [0.15, 0.2) is 0 Å². The van der Waals surface area contributed by atoms with Gasteiger partial charge in [0, 0.05) is 18.0 Å². The Labute approximate surface area is 117 Å². The summed E-state index contributed by atoms with van der Waals surface area (Å²) in [4.78, 5) is 8.23. The SMILES string of the molecule is C(=NNc1ccc(C2=NCCO2)cc1)c1ccncc1. The number of hydrogen-bond donors (Lipinski definition) is 1. The minimum atomic E-state index is 0.672. The molecular formula is C15H14N4O. The van der Waals surface area contributed by atoms with Crippen LogP contribution < -0.4 is 5.43 Å². The van der Waals surface area contributed by atoms with Crippen LogP contribution in [0.15, 0.2) is 58.9 Å². The molecule has 0 unspecified atom stereocenters. The molecule has 2 heterocycles. The Hall–Kier alpha value is -2.69. The first-order chi connectivity index (χ1) is 9.92. The molecule has 0 saturated carbocycles. The van der Waals surface area contributed by atoms with Crippen LogP contribution in [0.2, 0.25) is 0 Å². The molecule has 0 saturated heterocycles. The quantitative estimate of drug-likeness (QED) is 0.682. The summed E-state index contributed by atoms with van der Waals surface area (Å²) < 4.78 is 5.41. The predicted molar refractivity (Wildman–Crippen MR) is 79.3 cm³/mol. The average molecular weight is 266 g/mol. The van der Waals surface area contributed by atoms with Crippen molar-refractivity contribution in [3.8, 4) is 0 Å². The Morgan fingerprint density at radius 1 is 1.10 bits per heavy atom. The maximum absolute atomic E-state index is 5.41. The van der Waals surface area contributed by atoms with Crippen molar-refractivity contribution in [1.29, 1.82) is 0 Å². The van der Waals surface area contributed by atoms with Gasteiger partial charge in [0.2, 0.25) is 5.90 Å². The molecule has 1 N–H and O–H groups in total. The van der Waals surface area contributed by atoms with Crippen LogP contribution in [0.3, 0.4) is 0 Å². The Bertz CT molecular complexity index is 620. The van der Waals surface area contributed by atoms with Gasteiger partial charge in [-0.25, -0.2) is 4.99 Å². The van der Waals surface area contributed by atoms with Crippen molar-refractivity contribution in [2.45, 2.75) is 0 Å². The zero-order valence-corrected chi connectivity index (χ0v) is 10.9. The Morgan fingerprint density at radius 3 is 2.60 bits per heavy atom. The largest absolute Gasteiger partial charge is 0.476 e. The molecule has 1 aromatic carbocycles. The van der Waals surface area contributed by atoms with E-state index in [1.165, 1.54) is 0 Å². The van der Waals surface area contributed by atoms with Crippen LogP contribution in [0.5, 0.6) is 0 Å². The zero-order valence-electron chi connectivity index (χ0n) is 10.9. The summed E-state index contributed by atoms with van der Waals surface area (Å²) in [6.45, 7) is 1.41. The fourth-order valence-electron chi connectivity index (χ4n) is 1.83. The highest BCUT2D eigenvalue weighted by atomic mass is 16.5. The molecule has 0 amide bonds. The molecule has 0 atom stereocenters. The van der Waals surface area contributed by atoms with Gasteiger partial charge in [-0.05, 0) is 42.0 Å². The molecule has 1 aliphatic heterocycles. The highest BCUT2D eigenvalue weighted by Crippen LogP contribution is 2.12. The minimum Gasteiger partial charge on any atom is -0.476 e. The van der Waals surface area contributed by atoms with E-state index in [1.54, 1.807) is 18.6 Å². The summed E-state index contributed by atoms with van der Waals surface area (Å²) in [6, 6.07) is 11.6. The lowest BCUT2D eigenvalue weighted by atomic mass is 10.2. The summed E-state index contributed by atoms with van der Waals surface area (Å²) in [5.41, 5.74) is 5.88. The van der Waals surface area contributed by atoms with Crippen molar-refractivity contribution >= 4 is 17.8 Å². The van der Waals surface area contributed by atoms with Gasteiger partial charge in [-0.3, -0.25) is 10.4 Å². The number of hydrogen-bond acceptors (Lipinski definition) is 5. The molecule has 0 spiro atoms. The Kier molecular flexibility index (Phi) is 3.68. The van der Waals surface area contributed by atoms with Gasteiger partial charge in [0.05, 0.1) is 18.4 Å². The number of nitrogens with one attached hydrogen (secondary N) is 1. The van der Waals surface area contributed by atoms with E-state index in [4.69, 9.17) is 4.74 Å². The van der Waals surface area contributed by atoms with Gasteiger partial charge in [-0.1, -0.05) is 0 Å². The summed E-state index contributed by atoms with van der Waals surface area (Å²) in [7, 11) is 0. The van der Waals surface area contributed by atoms with Crippen LogP contribution >= 0.6 is 0 Å². The molecule has 0 fully saturated rings. The van der Waals surface area contributed by atoms with Crippen LogP contribution in [-0.4, -0.2) is 30.2 Å². The van der Waals surface area contributed by atoms with E-state index in [9.17, 15) is 0 Å². The van der Waals surface area contributed by atoms with Crippen LogP contribution in [0.25, 0.3) is 0 Å². The molecule has 3 rings (SSSR count). The summed E-state index contributed by atoms with van der Waals surface area (Å²) in [5, 5.41) is 4.17. The first-order valence-electron chi connectivity index (χ1n) is 6.38. The second-order valence-corrected chi connectivity index (χ2v) is 4.26. The smallest absolute Gasteiger partial charge is 0.216 e. The number of anilines is 1. The van der Waals surface area contributed by atoms with Crippen molar-refractivity contribution < 1.29 is 4.74 Å². The number of hydrazone groups is 1. The third-order valence-corrected chi connectivity index (χ3v) is 2.83. The van der Waals surface area contributed by atoms with Crippen LogP contribution in [0.4, 0.5) is 5.69 Å². The maximum atomic E-state index is 5.41. The zero-order chi connectivity index (χ0) is 13.6. The number of pyridine rings is 1. The Balaban J connectivity index is 1.62. The lowest BCUT2D eigenvalue weighted by Gasteiger charge is -2.03. The molecular weight excluding hydrogens is 252 g/mol. The fraction of sp³-hybridized carbons (Fsp3) is 0.133. The van der Waals surface area contributed by atoms with Crippen molar-refractivity contribution in [2.24, 2.45) is 10.1 Å². The molecule has 1 aliphatic rings. The third kappa shape index (κ3) is 3.00. The predicted octanol–water partition coefficient (Wildman–Crippen LogP) is 2.30. The molecule has 2 aromatic rings. The number of aromatic nitrogens is 1. The van der Waals surface area contributed by atoms with Crippen LogP contribution in [0, 0.1) is 0 Å². The number of ether oxygens (including phenoxy) is 1. The lowest BCUT2D eigenvalue weighted by Crippen LogP contribution is -2.00. The fourth-order valence-corrected chi connectivity index (χ4v) is 1.83. The van der Waals surface area contributed by atoms with Gasteiger partial charge < -0.3 is 4.74 Å². The summed E-state index contributed by atoms with van der Waals surface area (Å²) >= 11 is 0. The standard InChI is InChI=1S/C15H14N4O/c1-3-14(4-2-13(1)15-17-9-10-20-15)19-18-11-12-5-7-16-8-6-12/h1-8,11,19H,9-10H2. The Morgan fingerprint density at radius 2 is 1.90 bits per heavy atom. The molecule has 0 aliphatic carbocycles. The third-order valence-electron chi connectivity index (χ3n) is 2.83. The molecule has 1 aromatic heterocycles. The number of benzene rings is 1. The van der Waals surface area contributed by atoms with E-state index in [2.05, 4.69) is 20.5 Å². The van der Waals surface area contributed by atoms with Gasteiger partial charge >= 0.3 is 0 Å². The van der Waals surface area contributed by atoms with E-state index >= 15 is 0 Å². The number of aliphatic imine (C=N–C) groups is 1. The van der Waals surface area contributed by atoms with Gasteiger partial charge in [-0.2, -0.15) is 5.10 Å². The molecule has 0 bridgehead atoms. The van der Waals surface area contributed by atoms with E-state index in [-0.39, 0.29) is 0 Å². The topological polar surface area (TPSA) is 58.9 Å². The summed E-state index contributed by atoms with van der Waals surface area (Å²) in [5.74, 6) is 0.719. The molecule has 5 heteroatoms. The molecule has 5 nitrogen and oxygen atoms in total. The first kappa shape index (κ1) is 12.3. The van der Waals surface area contributed by atoms with E-state index < -0.39 is 0 Å². The van der Waals surface area contributed by atoms with E-state index in [0.717, 1.165) is 29.3 Å².